The molecular formula is C15H21N3O2. The van der Waals surface area contributed by atoms with E-state index >= 15 is 0 Å². The predicted molar refractivity (Wildman–Crippen MR) is 76.7 cm³/mol. The van der Waals surface area contributed by atoms with Crippen LogP contribution in [0.4, 0.5) is 5.69 Å². The van der Waals surface area contributed by atoms with Crippen molar-refractivity contribution < 1.29 is 9.90 Å². The lowest BCUT2D eigenvalue weighted by Crippen LogP contribution is -2.48. The third-order valence-corrected chi connectivity index (χ3v) is 4.48. The molecule has 0 aliphatic carbocycles. The number of amides is 1. The molecule has 1 amide bonds. The molecule has 1 aromatic heterocycles. The van der Waals surface area contributed by atoms with Crippen molar-refractivity contribution in [2.45, 2.75) is 50.8 Å². The molecule has 3 rings (SSSR count). The van der Waals surface area contributed by atoms with Crippen LogP contribution in [0.1, 0.15) is 41.7 Å². The number of fused-ring (bicyclic) bond motifs is 2. The first kappa shape index (κ1) is 13.4. The van der Waals surface area contributed by atoms with Gasteiger partial charge in [0.05, 0.1) is 17.4 Å². The summed E-state index contributed by atoms with van der Waals surface area (Å²) < 4.78 is 0. The first-order valence-corrected chi connectivity index (χ1v) is 7.25. The number of aromatic nitrogens is 1. The van der Waals surface area contributed by atoms with Gasteiger partial charge in [-0.25, -0.2) is 0 Å². The van der Waals surface area contributed by atoms with E-state index in [4.69, 9.17) is 0 Å². The Kier molecular flexibility index (Phi) is 3.38. The van der Waals surface area contributed by atoms with Crippen LogP contribution >= 0.6 is 0 Å². The number of carbonyl (C=O) groups is 1. The smallest absolute Gasteiger partial charge is 0.258 e. The summed E-state index contributed by atoms with van der Waals surface area (Å²) in [6.45, 7) is 1.91. The average molecular weight is 275 g/mol. The normalized spacial score (nSPS) is 28.6. The number of hydrogen-bond acceptors (Lipinski definition) is 4. The van der Waals surface area contributed by atoms with Gasteiger partial charge in [0.15, 0.2) is 0 Å². The molecule has 20 heavy (non-hydrogen) atoms. The van der Waals surface area contributed by atoms with Crippen LogP contribution in [-0.2, 0) is 0 Å². The zero-order valence-corrected chi connectivity index (χ0v) is 12.0. The lowest BCUT2D eigenvalue weighted by Gasteiger charge is -2.37. The van der Waals surface area contributed by atoms with E-state index < -0.39 is 0 Å². The van der Waals surface area contributed by atoms with Crippen LogP contribution in [0.5, 0.6) is 0 Å². The fourth-order valence-corrected chi connectivity index (χ4v) is 3.56. The van der Waals surface area contributed by atoms with Gasteiger partial charge in [-0.15, -0.1) is 0 Å². The summed E-state index contributed by atoms with van der Waals surface area (Å²) in [5.74, 6) is 0.0428. The third kappa shape index (κ3) is 2.16. The highest BCUT2D eigenvalue weighted by Gasteiger charge is 2.43. The van der Waals surface area contributed by atoms with Gasteiger partial charge in [0.1, 0.15) is 0 Å². The summed E-state index contributed by atoms with van der Waals surface area (Å²) in [4.78, 5) is 19.0. The number of piperidine rings is 1. The highest BCUT2D eigenvalue weighted by molar-refractivity contribution is 6.00. The highest BCUT2D eigenvalue weighted by atomic mass is 16.3. The highest BCUT2D eigenvalue weighted by Crippen LogP contribution is 2.37. The molecule has 1 aromatic rings. The van der Waals surface area contributed by atoms with Gasteiger partial charge in [-0.05, 0) is 38.7 Å². The van der Waals surface area contributed by atoms with Crippen molar-refractivity contribution in [2.24, 2.45) is 0 Å². The number of pyridine rings is 1. The Hall–Kier alpha value is -1.62. The molecule has 2 fully saturated rings. The second-order valence-corrected chi connectivity index (χ2v) is 5.84. The molecule has 2 bridgehead atoms. The van der Waals surface area contributed by atoms with Crippen molar-refractivity contribution in [1.82, 2.24) is 9.88 Å². The maximum atomic E-state index is 12.8. The maximum Gasteiger partial charge on any atom is 0.258 e. The van der Waals surface area contributed by atoms with E-state index in [9.17, 15) is 9.90 Å². The number of rotatable bonds is 2. The summed E-state index contributed by atoms with van der Waals surface area (Å²) in [6, 6.07) is 2.26. The average Bonchev–Trinajstić information content (AvgIpc) is 2.70. The Balaban J connectivity index is 1.90. The van der Waals surface area contributed by atoms with Gasteiger partial charge in [0.25, 0.3) is 5.91 Å². The molecule has 0 aromatic carbocycles. The van der Waals surface area contributed by atoms with Gasteiger partial charge in [-0.3, -0.25) is 9.78 Å². The monoisotopic (exact) mass is 275 g/mol. The first-order valence-electron chi connectivity index (χ1n) is 7.25. The van der Waals surface area contributed by atoms with Gasteiger partial charge < -0.3 is 15.3 Å². The van der Waals surface area contributed by atoms with Crippen molar-refractivity contribution in [3.8, 4) is 0 Å². The molecule has 2 saturated heterocycles. The lowest BCUT2D eigenvalue weighted by atomic mass is 9.98. The zero-order valence-electron chi connectivity index (χ0n) is 12.0. The minimum atomic E-state index is -0.253. The SMILES string of the molecule is CNc1cc(C)ncc1C(=O)N1C2CCC1CC(O)C2. The number of carbonyl (C=O) groups excluding carboxylic acids is 1. The fraction of sp³-hybridized carbons (Fsp3) is 0.600. The topological polar surface area (TPSA) is 65.5 Å². The van der Waals surface area contributed by atoms with Crippen LogP contribution in [0, 0.1) is 6.92 Å². The van der Waals surface area contributed by atoms with Gasteiger partial charge >= 0.3 is 0 Å². The van der Waals surface area contributed by atoms with E-state index in [1.165, 1.54) is 0 Å². The molecule has 0 radical (unpaired) electrons. The molecule has 5 heteroatoms. The van der Waals surface area contributed by atoms with Crippen LogP contribution in [0.25, 0.3) is 0 Å². The minimum absolute atomic E-state index is 0.0428. The predicted octanol–water partition coefficient (Wildman–Crippen LogP) is 1.56. The molecule has 2 aliphatic heterocycles. The van der Waals surface area contributed by atoms with Gasteiger partial charge in [0.2, 0.25) is 0 Å². The molecule has 0 spiro atoms. The molecule has 2 unspecified atom stereocenters. The van der Waals surface area contributed by atoms with E-state index in [0.29, 0.717) is 18.4 Å². The summed E-state index contributed by atoms with van der Waals surface area (Å²) in [6.07, 6.45) is 4.82. The quantitative estimate of drug-likeness (QED) is 0.859. The largest absolute Gasteiger partial charge is 0.393 e. The summed E-state index contributed by atoms with van der Waals surface area (Å²) >= 11 is 0. The van der Waals surface area contributed by atoms with Crippen molar-refractivity contribution in [1.29, 1.82) is 0 Å². The molecule has 3 heterocycles. The molecule has 2 aliphatic rings. The number of nitrogens with zero attached hydrogens (tertiary/aromatic N) is 2. The molecule has 2 atom stereocenters. The van der Waals surface area contributed by atoms with E-state index in [-0.39, 0.29) is 24.1 Å². The van der Waals surface area contributed by atoms with Crippen LogP contribution in [0.15, 0.2) is 12.3 Å². The summed E-state index contributed by atoms with van der Waals surface area (Å²) in [7, 11) is 1.82. The van der Waals surface area contributed by atoms with Crippen LogP contribution < -0.4 is 5.32 Å². The summed E-state index contributed by atoms with van der Waals surface area (Å²) in [5.41, 5.74) is 2.35. The third-order valence-electron chi connectivity index (χ3n) is 4.48. The van der Waals surface area contributed by atoms with E-state index in [0.717, 1.165) is 24.2 Å². The Morgan fingerprint density at radius 2 is 2.05 bits per heavy atom. The fourth-order valence-electron chi connectivity index (χ4n) is 3.56. The Bertz CT molecular complexity index is 518. The van der Waals surface area contributed by atoms with Gasteiger partial charge in [-0.2, -0.15) is 0 Å². The van der Waals surface area contributed by atoms with Gasteiger partial charge in [0, 0.05) is 31.0 Å². The van der Waals surface area contributed by atoms with E-state index in [1.807, 2.05) is 24.9 Å². The van der Waals surface area contributed by atoms with Crippen molar-refractivity contribution >= 4 is 11.6 Å². The van der Waals surface area contributed by atoms with Crippen LogP contribution in [0.2, 0.25) is 0 Å². The summed E-state index contributed by atoms with van der Waals surface area (Å²) in [5, 5.41) is 12.9. The molecule has 5 nitrogen and oxygen atoms in total. The standard InChI is InChI=1S/C15H21N3O2/c1-9-5-14(16-2)13(8-17-9)15(20)18-10-3-4-11(18)7-12(19)6-10/h5,8,10-12,19H,3-4,6-7H2,1-2H3,(H,16,17). The number of aliphatic hydroxyl groups is 1. The second kappa shape index (κ2) is 5.05. The Morgan fingerprint density at radius 3 is 2.65 bits per heavy atom. The lowest BCUT2D eigenvalue weighted by molar-refractivity contribution is 0.0287. The number of nitrogens with one attached hydrogen (secondary N) is 1. The number of anilines is 1. The van der Waals surface area contributed by atoms with Crippen LogP contribution in [-0.4, -0.2) is 46.1 Å². The number of aliphatic hydroxyl groups excluding tert-OH is 1. The molecule has 108 valence electrons. The van der Waals surface area contributed by atoms with Crippen molar-refractivity contribution in [2.75, 3.05) is 12.4 Å². The van der Waals surface area contributed by atoms with Crippen molar-refractivity contribution in [3.63, 3.8) is 0 Å². The molecule has 0 saturated carbocycles. The Labute approximate surface area is 119 Å². The zero-order chi connectivity index (χ0) is 14.3. The van der Waals surface area contributed by atoms with E-state index in [2.05, 4.69) is 10.3 Å². The van der Waals surface area contributed by atoms with E-state index in [1.54, 1.807) is 6.20 Å². The first-order chi connectivity index (χ1) is 9.60. The van der Waals surface area contributed by atoms with Crippen molar-refractivity contribution in [3.05, 3.63) is 23.5 Å². The Morgan fingerprint density at radius 1 is 1.40 bits per heavy atom. The minimum Gasteiger partial charge on any atom is -0.393 e. The molecule has 2 N–H and O–H groups in total. The van der Waals surface area contributed by atoms with Crippen LogP contribution in [0.3, 0.4) is 0 Å². The number of hydrogen-bond donors (Lipinski definition) is 2. The molecular weight excluding hydrogens is 254 g/mol. The maximum absolute atomic E-state index is 12.8. The van der Waals surface area contributed by atoms with Gasteiger partial charge in [-0.1, -0.05) is 0 Å². The second-order valence-electron chi connectivity index (χ2n) is 5.84. The number of aryl methyl sites for hydroxylation is 1.